The van der Waals surface area contributed by atoms with Gasteiger partial charge in [0.15, 0.2) is 0 Å². The molecule has 6 heteroatoms. The van der Waals surface area contributed by atoms with Crippen molar-refractivity contribution in [2.75, 3.05) is 9.80 Å². The van der Waals surface area contributed by atoms with Gasteiger partial charge in [0.2, 0.25) is 0 Å². The monoisotopic (exact) mass is 874 g/mol. The number of nitrogens with zero attached hydrogens (tertiary/aromatic N) is 4. The number of aryl methyl sites for hydroxylation is 1. The number of para-hydroxylation sites is 1. The van der Waals surface area contributed by atoms with Gasteiger partial charge in [-0.1, -0.05) is 108 Å². The van der Waals surface area contributed by atoms with E-state index in [1.54, 1.807) is 0 Å². The number of hydrogen-bond acceptors (Lipinski definition) is 4. The van der Waals surface area contributed by atoms with E-state index in [0.717, 1.165) is 44.7 Å². The zero-order chi connectivity index (χ0) is 36.2. The van der Waals surface area contributed by atoms with Crippen LogP contribution in [0.2, 0.25) is 0 Å². The molecule has 0 amide bonds. The molecule has 0 radical (unpaired) electrons. The van der Waals surface area contributed by atoms with Gasteiger partial charge in [-0.25, -0.2) is 4.98 Å². The second-order valence-corrected chi connectivity index (χ2v) is 15.6. The summed E-state index contributed by atoms with van der Waals surface area (Å²) in [5.41, 5.74) is 9.82. The third-order valence-electron chi connectivity index (χ3n) is 9.68. The van der Waals surface area contributed by atoms with Crippen LogP contribution in [-0.4, -0.2) is 9.55 Å². The summed E-state index contributed by atoms with van der Waals surface area (Å²) in [5, 5.41) is 2.25. The molecule has 0 bridgehead atoms. The number of benzene rings is 5. The standard InChI is InChI=1S/C47H43N4O.Pt/c1-32-20-22-38(33-14-9-8-10-15-33)42(26-32)49-30-44(47(5,6)7)50(31-49)35-16-13-17-36(28-35)52-37-21-23-40-39-18-11-12-19-41(39)51(43(40)29-37)45-27-34(24-25-48-45)46(2,3)4;/h8-27,30-31H,1-7H3;/q-3;. The van der Waals surface area contributed by atoms with E-state index < -0.39 is 0 Å². The Morgan fingerprint density at radius 1 is 0.698 bits per heavy atom. The Labute approximate surface area is 327 Å². The van der Waals surface area contributed by atoms with Crippen LogP contribution in [0.1, 0.15) is 52.7 Å². The first kappa shape index (κ1) is 36.2. The molecule has 5 aromatic carbocycles. The molecule has 53 heavy (non-hydrogen) atoms. The second-order valence-electron chi connectivity index (χ2n) is 15.6. The molecule has 0 fully saturated rings. The predicted molar refractivity (Wildman–Crippen MR) is 215 cm³/mol. The number of fused-ring (bicyclic) bond motifs is 3. The van der Waals surface area contributed by atoms with Crippen molar-refractivity contribution in [2.24, 2.45) is 5.41 Å². The zero-order valence-electron chi connectivity index (χ0n) is 31.2. The number of allylic oxidation sites excluding steroid dienone is 1. The fraction of sp³-hybridized carbons (Fsp3) is 0.191. The number of pyridine rings is 1. The van der Waals surface area contributed by atoms with Gasteiger partial charge >= 0.3 is 0 Å². The number of rotatable bonds is 6. The van der Waals surface area contributed by atoms with E-state index in [4.69, 9.17) is 9.72 Å². The van der Waals surface area contributed by atoms with Crippen LogP contribution in [-0.2, 0) is 26.5 Å². The molecule has 5 nitrogen and oxygen atoms in total. The molecule has 0 N–H and O–H groups in total. The Hall–Kier alpha value is -5.12. The number of aromatic nitrogens is 2. The van der Waals surface area contributed by atoms with Crippen LogP contribution < -0.4 is 14.5 Å². The van der Waals surface area contributed by atoms with Gasteiger partial charge in [0, 0.05) is 66.6 Å². The molecule has 7 aromatic rings. The molecule has 0 aliphatic carbocycles. The van der Waals surface area contributed by atoms with Crippen molar-refractivity contribution in [3.8, 4) is 28.4 Å². The van der Waals surface area contributed by atoms with Crippen molar-refractivity contribution in [2.45, 2.75) is 53.9 Å². The molecule has 270 valence electrons. The normalized spacial score (nSPS) is 13.4. The van der Waals surface area contributed by atoms with Crippen LogP contribution in [0, 0.1) is 31.1 Å². The molecule has 0 atom stereocenters. The van der Waals surface area contributed by atoms with Crippen molar-refractivity contribution in [3.05, 3.63) is 163 Å². The van der Waals surface area contributed by atoms with Gasteiger partial charge in [0.1, 0.15) is 5.82 Å². The van der Waals surface area contributed by atoms with Crippen molar-refractivity contribution < 1.29 is 25.8 Å². The topological polar surface area (TPSA) is 33.5 Å². The van der Waals surface area contributed by atoms with Gasteiger partial charge in [0.05, 0.1) is 0 Å². The molecule has 0 unspecified atom stereocenters. The van der Waals surface area contributed by atoms with E-state index in [2.05, 4.69) is 185 Å². The Bertz CT molecular complexity index is 2470. The average Bonchev–Trinajstić information content (AvgIpc) is 3.73. The molecule has 2 aromatic heterocycles. The van der Waals surface area contributed by atoms with Crippen molar-refractivity contribution in [1.82, 2.24) is 9.55 Å². The first-order valence-electron chi connectivity index (χ1n) is 17.9. The molecule has 8 rings (SSSR count). The van der Waals surface area contributed by atoms with Crippen LogP contribution >= 0.6 is 0 Å². The molecule has 0 saturated heterocycles. The minimum absolute atomic E-state index is 0. The summed E-state index contributed by atoms with van der Waals surface area (Å²) in [6, 6.07) is 47.3. The molecular formula is C47H43N4OPt-3. The summed E-state index contributed by atoms with van der Waals surface area (Å²) in [4.78, 5) is 9.29. The van der Waals surface area contributed by atoms with Crippen LogP contribution in [0.25, 0.3) is 38.8 Å². The van der Waals surface area contributed by atoms with Crippen molar-refractivity contribution >= 4 is 33.2 Å². The van der Waals surface area contributed by atoms with Gasteiger partial charge < -0.3 is 19.1 Å². The Morgan fingerprint density at radius 2 is 1.45 bits per heavy atom. The third kappa shape index (κ3) is 7.03. The van der Waals surface area contributed by atoms with Crippen LogP contribution in [0.5, 0.6) is 11.5 Å². The number of ether oxygens (including phenoxy) is 1. The van der Waals surface area contributed by atoms with E-state index in [1.807, 2.05) is 24.4 Å². The minimum atomic E-state index is -0.142. The molecular weight excluding hydrogens is 832 g/mol. The minimum Gasteiger partial charge on any atom is -0.509 e. The Morgan fingerprint density at radius 3 is 2.23 bits per heavy atom. The van der Waals surface area contributed by atoms with Crippen molar-refractivity contribution in [3.63, 3.8) is 0 Å². The zero-order valence-corrected chi connectivity index (χ0v) is 33.5. The van der Waals surface area contributed by atoms with E-state index >= 15 is 0 Å². The molecule has 0 spiro atoms. The third-order valence-corrected chi connectivity index (χ3v) is 9.68. The maximum absolute atomic E-state index is 6.56. The summed E-state index contributed by atoms with van der Waals surface area (Å²) in [6.07, 6.45) is 4.14. The average molecular weight is 875 g/mol. The van der Waals surface area contributed by atoms with Crippen LogP contribution in [0.15, 0.2) is 133 Å². The summed E-state index contributed by atoms with van der Waals surface area (Å²) in [5.74, 6) is 2.09. The Kier molecular flexibility index (Phi) is 9.59. The maximum atomic E-state index is 6.56. The molecule has 0 saturated carbocycles. The van der Waals surface area contributed by atoms with Crippen molar-refractivity contribution in [1.29, 1.82) is 0 Å². The predicted octanol–water partition coefficient (Wildman–Crippen LogP) is 12.2. The number of hydrogen-bond donors (Lipinski definition) is 0. The van der Waals surface area contributed by atoms with Gasteiger partial charge in [-0.3, -0.25) is 0 Å². The molecule has 1 aliphatic rings. The van der Waals surface area contributed by atoms with E-state index in [0.29, 0.717) is 11.5 Å². The van der Waals surface area contributed by atoms with Gasteiger partial charge in [-0.15, -0.1) is 48.1 Å². The van der Waals surface area contributed by atoms with E-state index in [9.17, 15) is 0 Å². The molecule has 3 heterocycles. The van der Waals surface area contributed by atoms with E-state index in [1.165, 1.54) is 22.3 Å². The largest absolute Gasteiger partial charge is 0.509 e. The summed E-state index contributed by atoms with van der Waals surface area (Å²) in [6.45, 7) is 17.7. The van der Waals surface area contributed by atoms with Gasteiger partial charge in [-0.05, 0) is 64.9 Å². The quantitative estimate of drug-likeness (QED) is 0.156. The molecule has 1 aliphatic heterocycles. The summed E-state index contributed by atoms with van der Waals surface area (Å²) >= 11 is 0. The van der Waals surface area contributed by atoms with Crippen LogP contribution in [0.4, 0.5) is 11.4 Å². The first-order valence-corrected chi connectivity index (χ1v) is 17.9. The van der Waals surface area contributed by atoms with E-state index in [-0.39, 0.29) is 31.9 Å². The second kappa shape index (κ2) is 14.0. The smallest absolute Gasteiger partial charge is 0.135 e. The maximum Gasteiger partial charge on any atom is 0.135 e. The summed E-state index contributed by atoms with van der Waals surface area (Å²) < 4.78 is 8.75. The van der Waals surface area contributed by atoms with Gasteiger partial charge in [-0.2, -0.15) is 12.1 Å². The SMILES string of the molecule is Cc1ccc(-c2ccccc2)c(N2C=C(C(C)(C)C)N(c3[c-]c(Oc4[c-]c5c(cc4)c4ccccc4n5-c4cc(C(C)(C)C)ccn4)ccc3)[CH-]2)c1.[Pt]. The fourth-order valence-electron chi connectivity index (χ4n) is 6.94. The van der Waals surface area contributed by atoms with Crippen LogP contribution in [0.3, 0.4) is 0 Å². The number of anilines is 2. The first-order chi connectivity index (χ1) is 24.9. The summed E-state index contributed by atoms with van der Waals surface area (Å²) in [7, 11) is 0. The van der Waals surface area contributed by atoms with Gasteiger partial charge in [0.25, 0.3) is 0 Å². The fourth-order valence-corrected chi connectivity index (χ4v) is 6.94. The Balaban J connectivity index is 0.00000435.